The molecule has 122 valence electrons. The minimum absolute atomic E-state index is 0.0376. The van der Waals surface area contributed by atoms with E-state index in [1.165, 1.54) is 25.5 Å². The summed E-state index contributed by atoms with van der Waals surface area (Å²) in [6.45, 7) is 0. The van der Waals surface area contributed by atoms with Crippen molar-refractivity contribution in [2.45, 2.75) is 23.7 Å². The fraction of sp³-hybridized carbons (Fsp3) is 0.333. The van der Waals surface area contributed by atoms with Gasteiger partial charge in [-0.05, 0) is 25.0 Å². The molecule has 1 aliphatic rings. The molecule has 0 spiro atoms. The predicted octanol–water partition coefficient (Wildman–Crippen LogP) is 2.85. The van der Waals surface area contributed by atoms with Crippen molar-refractivity contribution in [2.24, 2.45) is 0 Å². The fourth-order valence-electron chi connectivity index (χ4n) is 2.41. The molecular weight excluding hydrogens is 342 g/mol. The number of halogens is 1. The number of ketones is 1. The largest absolute Gasteiger partial charge is 0.494 e. The highest BCUT2D eigenvalue weighted by Crippen LogP contribution is 2.42. The molecule has 0 aliphatic heterocycles. The molecule has 0 saturated heterocycles. The Bertz CT molecular complexity index is 883. The van der Waals surface area contributed by atoms with Crippen molar-refractivity contribution in [2.75, 3.05) is 13.4 Å². The van der Waals surface area contributed by atoms with E-state index in [4.69, 9.17) is 20.9 Å². The molecule has 1 saturated carbocycles. The van der Waals surface area contributed by atoms with E-state index in [-0.39, 0.29) is 32.9 Å². The summed E-state index contributed by atoms with van der Waals surface area (Å²) in [4.78, 5) is 12.7. The third-order valence-electron chi connectivity index (χ3n) is 3.72. The van der Waals surface area contributed by atoms with Crippen LogP contribution in [0.5, 0.6) is 5.75 Å². The van der Waals surface area contributed by atoms with Crippen molar-refractivity contribution >= 4 is 27.2 Å². The zero-order chi connectivity index (χ0) is 16.8. The topological polar surface area (TPSA) is 86.5 Å². The Labute approximate surface area is 138 Å². The first-order valence-electron chi connectivity index (χ1n) is 6.90. The number of rotatable bonds is 5. The monoisotopic (exact) mass is 355 g/mol. The maximum Gasteiger partial charge on any atom is 0.199 e. The highest BCUT2D eigenvalue weighted by atomic mass is 35.5. The van der Waals surface area contributed by atoms with Crippen molar-refractivity contribution in [3.05, 3.63) is 40.2 Å². The summed E-state index contributed by atoms with van der Waals surface area (Å²) in [5, 5.41) is 3.85. The molecule has 8 heteroatoms. The van der Waals surface area contributed by atoms with Crippen molar-refractivity contribution in [3.8, 4) is 5.75 Å². The van der Waals surface area contributed by atoms with Gasteiger partial charge in [0, 0.05) is 17.7 Å². The number of ether oxygens (including phenoxy) is 1. The van der Waals surface area contributed by atoms with Gasteiger partial charge in [0.2, 0.25) is 0 Å². The van der Waals surface area contributed by atoms with Gasteiger partial charge in [0.1, 0.15) is 11.2 Å². The minimum Gasteiger partial charge on any atom is -0.494 e. The number of benzene rings is 1. The third kappa shape index (κ3) is 2.86. The predicted molar refractivity (Wildman–Crippen MR) is 83.0 cm³/mol. The second-order valence-corrected chi connectivity index (χ2v) is 7.81. The second-order valence-electron chi connectivity index (χ2n) is 5.45. The highest BCUT2D eigenvalue weighted by Gasteiger charge is 2.33. The summed E-state index contributed by atoms with van der Waals surface area (Å²) in [7, 11) is -2.22. The van der Waals surface area contributed by atoms with E-state index in [1.807, 2.05) is 0 Å². The van der Waals surface area contributed by atoms with Crippen LogP contribution in [0.2, 0.25) is 5.02 Å². The van der Waals surface area contributed by atoms with Crippen LogP contribution in [0, 0.1) is 0 Å². The summed E-state index contributed by atoms with van der Waals surface area (Å²) in [5.41, 5.74) is 1.13. The van der Waals surface area contributed by atoms with Gasteiger partial charge in [0.25, 0.3) is 0 Å². The van der Waals surface area contributed by atoms with Crippen LogP contribution in [-0.2, 0) is 9.84 Å². The highest BCUT2D eigenvalue weighted by molar-refractivity contribution is 7.90. The summed E-state index contributed by atoms with van der Waals surface area (Å²) in [6.07, 6.45) is 4.28. The lowest BCUT2D eigenvalue weighted by Gasteiger charge is -2.12. The van der Waals surface area contributed by atoms with Gasteiger partial charge in [-0.1, -0.05) is 16.8 Å². The molecular formula is C15H14ClNO5S. The Morgan fingerprint density at radius 3 is 2.61 bits per heavy atom. The van der Waals surface area contributed by atoms with Crippen LogP contribution in [0.1, 0.15) is 40.4 Å². The van der Waals surface area contributed by atoms with E-state index in [0.29, 0.717) is 11.3 Å². The Kier molecular flexibility index (Phi) is 3.93. The van der Waals surface area contributed by atoms with E-state index in [1.54, 1.807) is 0 Å². The molecule has 1 aromatic carbocycles. The van der Waals surface area contributed by atoms with Crippen LogP contribution in [0.15, 0.2) is 27.8 Å². The van der Waals surface area contributed by atoms with Gasteiger partial charge in [-0.25, -0.2) is 8.42 Å². The average molecular weight is 356 g/mol. The number of sulfone groups is 1. The van der Waals surface area contributed by atoms with Crippen LogP contribution < -0.4 is 4.74 Å². The smallest absolute Gasteiger partial charge is 0.199 e. The molecule has 1 aliphatic carbocycles. The molecule has 0 bridgehead atoms. The summed E-state index contributed by atoms with van der Waals surface area (Å²) >= 11 is 6.22. The van der Waals surface area contributed by atoms with Crippen LogP contribution in [0.25, 0.3) is 0 Å². The SMILES string of the molecule is COc1c(S(C)(=O)=O)ccc(C(=O)c2conc2C2CC2)c1Cl. The number of hydrogen-bond donors (Lipinski definition) is 0. The molecule has 0 amide bonds. The van der Waals surface area contributed by atoms with Gasteiger partial charge < -0.3 is 9.26 Å². The van der Waals surface area contributed by atoms with E-state index in [0.717, 1.165) is 19.1 Å². The lowest BCUT2D eigenvalue weighted by atomic mass is 10.0. The minimum atomic E-state index is -3.53. The fourth-order valence-corrected chi connectivity index (χ4v) is 3.63. The van der Waals surface area contributed by atoms with Crippen molar-refractivity contribution in [1.29, 1.82) is 0 Å². The molecule has 0 radical (unpaired) electrons. The number of carbonyl (C=O) groups excluding carboxylic acids is 1. The average Bonchev–Trinajstić information content (AvgIpc) is 3.22. The Hall–Kier alpha value is -1.86. The molecule has 1 fully saturated rings. The molecule has 1 heterocycles. The van der Waals surface area contributed by atoms with Gasteiger partial charge in [-0.3, -0.25) is 4.79 Å². The zero-order valence-electron chi connectivity index (χ0n) is 12.5. The van der Waals surface area contributed by atoms with Crippen molar-refractivity contribution in [3.63, 3.8) is 0 Å². The molecule has 1 aromatic heterocycles. The van der Waals surface area contributed by atoms with E-state index < -0.39 is 9.84 Å². The number of carbonyl (C=O) groups is 1. The lowest BCUT2D eigenvalue weighted by molar-refractivity contribution is 0.103. The molecule has 0 atom stereocenters. The van der Waals surface area contributed by atoms with E-state index in [9.17, 15) is 13.2 Å². The molecule has 23 heavy (non-hydrogen) atoms. The Morgan fingerprint density at radius 2 is 2.04 bits per heavy atom. The van der Waals surface area contributed by atoms with Crippen LogP contribution in [-0.4, -0.2) is 32.7 Å². The summed E-state index contributed by atoms with van der Waals surface area (Å²) < 4.78 is 33.6. The standard InChI is InChI=1S/C15H14ClNO5S/c1-21-15-11(23(2,19)20)6-5-9(12(15)16)14(18)10-7-22-17-13(10)8-3-4-8/h5-8H,3-4H2,1-2H3. The first-order valence-corrected chi connectivity index (χ1v) is 9.17. The van der Waals surface area contributed by atoms with Gasteiger partial charge in [0.05, 0.1) is 23.4 Å². The van der Waals surface area contributed by atoms with Crippen LogP contribution in [0.4, 0.5) is 0 Å². The number of methoxy groups -OCH3 is 1. The molecule has 0 N–H and O–H groups in total. The molecule has 0 unspecified atom stereocenters. The quantitative estimate of drug-likeness (QED) is 0.766. The van der Waals surface area contributed by atoms with Gasteiger partial charge in [-0.15, -0.1) is 0 Å². The van der Waals surface area contributed by atoms with Gasteiger partial charge in [0.15, 0.2) is 21.4 Å². The van der Waals surface area contributed by atoms with Crippen LogP contribution >= 0.6 is 11.6 Å². The van der Waals surface area contributed by atoms with Crippen LogP contribution in [0.3, 0.4) is 0 Å². The van der Waals surface area contributed by atoms with Crippen molar-refractivity contribution in [1.82, 2.24) is 5.16 Å². The Balaban J connectivity index is 2.10. The van der Waals surface area contributed by atoms with E-state index >= 15 is 0 Å². The number of aromatic nitrogens is 1. The maximum atomic E-state index is 12.7. The first-order chi connectivity index (χ1) is 10.8. The van der Waals surface area contributed by atoms with Gasteiger partial charge in [-0.2, -0.15) is 0 Å². The zero-order valence-corrected chi connectivity index (χ0v) is 14.1. The number of nitrogens with zero attached hydrogens (tertiary/aromatic N) is 1. The van der Waals surface area contributed by atoms with Crippen molar-refractivity contribution < 1.29 is 22.5 Å². The third-order valence-corrected chi connectivity index (χ3v) is 5.21. The number of hydrogen-bond acceptors (Lipinski definition) is 6. The maximum absolute atomic E-state index is 12.7. The Morgan fingerprint density at radius 1 is 1.35 bits per heavy atom. The molecule has 2 aromatic rings. The first kappa shape index (κ1) is 16.0. The normalized spacial score (nSPS) is 14.7. The van der Waals surface area contributed by atoms with E-state index in [2.05, 4.69) is 5.16 Å². The van der Waals surface area contributed by atoms with Gasteiger partial charge >= 0.3 is 0 Å². The lowest BCUT2D eigenvalue weighted by Crippen LogP contribution is -2.08. The molecule has 3 rings (SSSR count). The second kappa shape index (κ2) is 5.65. The summed E-state index contributed by atoms with van der Waals surface area (Å²) in [6, 6.07) is 2.70. The summed E-state index contributed by atoms with van der Waals surface area (Å²) in [5.74, 6) is -0.162. The molecule has 6 nitrogen and oxygen atoms in total.